The quantitative estimate of drug-likeness (QED) is 0.752. The maximum absolute atomic E-state index is 9.55. The van der Waals surface area contributed by atoms with Crippen molar-refractivity contribution in [2.24, 2.45) is 5.14 Å². The first kappa shape index (κ1) is 13.0. The van der Waals surface area contributed by atoms with Crippen LogP contribution in [0.2, 0.25) is 0 Å². The first-order chi connectivity index (χ1) is 6.04. The first-order valence-corrected chi connectivity index (χ1v) is 5.98. The van der Waals surface area contributed by atoms with Crippen molar-refractivity contribution in [1.29, 1.82) is 0 Å². The molecule has 0 aliphatic rings. The lowest BCUT2D eigenvalue weighted by Gasteiger charge is -2.14. The maximum atomic E-state index is 9.55. The zero-order valence-electron chi connectivity index (χ0n) is 8.50. The molecule has 4 heteroatoms. The summed E-state index contributed by atoms with van der Waals surface area (Å²) < 4.78 is 1.03. The number of thiophene rings is 1. The number of hydrogen-bond acceptors (Lipinski definition) is 4. The van der Waals surface area contributed by atoms with Crippen molar-refractivity contribution in [2.75, 3.05) is 0 Å². The van der Waals surface area contributed by atoms with Gasteiger partial charge < -0.3 is 5.11 Å². The van der Waals surface area contributed by atoms with Gasteiger partial charge in [-0.05, 0) is 42.8 Å². The average molecular weight is 219 g/mol. The summed E-state index contributed by atoms with van der Waals surface area (Å²) in [6.45, 7) is 7.53. The highest BCUT2D eigenvalue weighted by atomic mass is 32.2. The molecule has 76 valence electrons. The molecule has 0 bridgehead atoms. The standard InChI is InChI=1S/C7H11NOS2.C2H6/c1-7(2,9)5-3-6(11-8)10-4-5;1-2/h3-4,9H,8H2,1-2H3;1-2H3. The van der Waals surface area contributed by atoms with Crippen LogP contribution >= 0.6 is 23.3 Å². The van der Waals surface area contributed by atoms with Crippen molar-refractivity contribution in [3.63, 3.8) is 0 Å². The van der Waals surface area contributed by atoms with E-state index in [-0.39, 0.29) is 0 Å². The molecule has 2 nitrogen and oxygen atoms in total. The molecule has 0 radical (unpaired) electrons. The lowest BCUT2D eigenvalue weighted by molar-refractivity contribution is 0.0789. The smallest absolute Gasteiger partial charge is 0.0848 e. The fourth-order valence-corrected chi connectivity index (χ4v) is 2.06. The van der Waals surface area contributed by atoms with Crippen molar-refractivity contribution in [3.05, 3.63) is 17.0 Å². The monoisotopic (exact) mass is 219 g/mol. The van der Waals surface area contributed by atoms with Gasteiger partial charge in [-0.3, -0.25) is 5.14 Å². The van der Waals surface area contributed by atoms with E-state index in [0.29, 0.717) is 0 Å². The first-order valence-electron chi connectivity index (χ1n) is 4.22. The summed E-state index contributed by atoms with van der Waals surface area (Å²) in [6, 6.07) is 1.91. The highest BCUT2D eigenvalue weighted by molar-refractivity contribution is 7.99. The van der Waals surface area contributed by atoms with Gasteiger partial charge in [-0.2, -0.15) is 0 Å². The van der Waals surface area contributed by atoms with Gasteiger partial charge in [0.05, 0.1) is 9.81 Å². The second-order valence-electron chi connectivity index (χ2n) is 2.83. The number of aliphatic hydroxyl groups is 1. The predicted octanol–water partition coefficient (Wildman–Crippen LogP) is 2.97. The minimum absolute atomic E-state index is 0.746. The zero-order chi connectivity index (χ0) is 10.5. The third kappa shape index (κ3) is 4.13. The summed E-state index contributed by atoms with van der Waals surface area (Å²) in [6.07, 6.45) is 0. The molecule has 13 heavy (non-hydrogen) atoms. The van der Waals surface area contributed by atoms with Crippen molar-refractivity contribution in [3.8, 4) is 0 Å². The molecular weight excluding hydrogens is 202 g/mol. The highest BCUT2D eigenvalue weighted by Crippen LogP contribution is 2.29. The third-order valence-corrected chi connectivity index (χ3v) is 3.05. The van der Waals surface area contributed by atoms with Gasteiger partial charge in [0, 0.05) is 0 Å². The van der Waals surface area contributed by atoms with Crippen LogP contribution in [0, 0.1) is 0 Å². The van der Waals surface area contributed by atoms with E-state index in [1.807, 2.05) is 25.3 Å². The second kappa shape index (κ2) is 5.65. The molecule has 0 fully saturated rings. The van der Waals surface area contributed by atoms with Gasteiger partial charge in [-0.25, -0.2) is 0 Å². The van der Waals surface area contributed by atoms with Gasteiger partial charge in [0.25, 0.3) is 0 Å². The average Bonchev–Trinajstić information content (AvgIpc) is 2.54. The van der Waals surface area contributed by atoms with Gasteiger partial charge >= 0.3 is 0 Å². The summed E-state index contributed by atoms with van der Waals surface area (Å²) in [7, 11) is 0. The van der Waals surface area contributed by atoms with Gasteiger partial charge in [0.1, 0.15) is 0 Å². The summed E-state index contributed by atoms with van der Waals surface area (Å²) in [5.41, 5.74) is 0.181. The largest absolute Gasteiger partial charge is 0.386 e. The topological polar surface area (TPSA) is 46.2 Å². The van der Waals surface area contributed by atoms with E-state index in [0.717, 1.165) is 9.77 Å². The molecule has 1 aromatic heterocycles. The van der Waals surface area contributed by atoms with Crippen molar-refractivity contribution >= 4 is 23.3 Å². The molecule has 0 aliphatic carbocycles. The normalized spacial score (nSPS) is 10.6. The molecule has 0 atom stereocenters. The molecule has 0 aliphatic heterocycles. The van der Waals surface area contributed by atoms with Crippen molar-refractivity contribution in [2.45, 2.75) is 37.5 Å². The Bertz CT molecular complexity index is 240. The van der Waals surface area contributed by atoms with E-state index >= 15 is 0 Å². The van der Waals surface area contributed by atoms with E-state index in [2.05, 4.69) is 0 Å². The lowest BCUT2D eigenvalue weighted by Crippen LogP contribution is -2.13. The summed E-state index contributed by atoms with van der Waals surface area (Å²) in [5, 5.41) is 16.8. The lowest BCUT2D eigenvalue weighted by atomic mass is 10.0. The van der Waals surface area contributed by atoms with Crippen LogP contribution in [0.15, 0.2) is 15.7 Å². The van der Waals surface area contributed by atoms with E-state index in [1.54, 1.807) is 25.2 Å². The van der Waals surface area contributed by atoms with Crippen LogP contribution in [-0.4, -0.2) is 5.11 Å². The fraction of sp³-hybridized carbons (Fsp3) is 0.556. The Hall–Kier alpha value is -0.0300. The van der Waals surface area contributed by atoms with Crippen LogP contribution in [0.3, 0.4) is 0 Å². The number of hydrogen-bond donors (Lipinski definition) is 2. The minimum Gasteiger partial charge on any atom is -0.386 e. The zero-order valence-corrected chi connectivity index (χ0v) is 10.1. The molecule has 3 N–H and O–H groups in total. The Morgan fingerprint density at radius 1 is 1.46 bits per heavy atom. The van der Waals surface area contributed by atoms with Crippen molar-refractivity contribution in [1.82, 2.24) is 0 Å². The molecule has 0 aromatic carbocycles. The Morgan fingerprint density at radius 2 is 2.00 bits per heavy atom. The molecule has 0 saturated heterocycles. The number of rotatable bonds is 2. The van der Waals surface area contributed by atoms with E-state index in [4.69, 9.17) is 5.14 Å². The van der Waals surface area contributed by atoms with E-state index in [9.17, 15) is 5.11 Å². The van der Waals surface area contributed by atoms with Gasteiger partial charge in [-0.15, -0.1) is 11.3 Å². The molecule has 0 spiro atoms. The Labute approximate surface area is 88.3 Å². The highest BCUT2D eigenvalue weighted by Gasteiger charge is 2.17. The van der Waals surface area contributed by atoms with Crippen LogP contribution in [0.5, 0.6) is 0 Å². The van der Waals surface area contributed by atoms with Crippen LogP contribution < -0.4 is 5.14 Å². The maximum Gasteiger partial charge on any atom is 0.0848 e. The van der Waals surface area contributed by atoms with Gasteiger partial charge in [0.2, 0.25) is 0 Å². The van der Waals surface area contributed by atoms with Crippen molar-refractivity contribution < 1.29 is 5.11 Å². The van der Waals surface area contributed by atoms with Crippen LogP contribution in [-0.2, 0) is 5.60 Å². The molecule has 1 heterocycles. The Balaban J connectivity index is 0.000000671. The SMILES string of the molecule is CC.CC(C)(O)c1csc(SN)c1. The van der Waals surface area contributed by atoms with Crippen LogP contribution in [0.1, 0.15) is 33.3 Å². The fourth-order valence-electron chi connectivity index (χ4n) is 0.699. The third-order valence-electron chi connectivity index (χ3n) is 1.40. The predicted molar refractivity (Wildman–Crippen MR) is 61.0 cm³/mol. The molecule has 0 saturated carbocycles. The second-order valence-corrected chi connectivity index (χ2v) is 4.68. The molecule has 1 aromatic rings. The minimum atomic E-state index is -0.746. The molecule has 0 amide bonds. The summed E-state index contributed by atoms with van der Waals surface area (Å²) in [4.78, 5) is 0. The van der Waals surface area contributed by atoms with E-state index in [1.165, 1.54) is 11.9 Å². The molecular formula is C9H17NOS2. The Kier molecular flexibility index (Phi) is 5.64. The van der Waals surface area contributed by atoms with Crippen LogP contribution in [0.25, 0.3) is 0 Å². The van der Waals surface area contributed by atoms with E-state index < -0.39 is 5.60 Å². The van der Waals surface area contributed by atoms with Gasteiger partial charge in [-0.1, -0.05) is 13.8 Å². The summed E-state index contributed by atoms with van der Waals surface area (Å²) >= 11 is 2.77. The molecule has 0 unspecified atom stereocenters. The molecule has 1 rings (SSSR count). The van der Waals surface area contributed by atoms with Gasteiger partial charge in [0.15, 0.2) is 0 Å². The van der Waals surface area contributed by atoms with Crippen LogP contribution in [0.4, 0.5) is 0 Å². The Morgan fingerprint density at radius 3 is 2.23 bits per heavy atom. The number of nitrogens with two attached hydrogens (primary N) is 1. The summed E-state index contributed by atoms with van der Waals surface area (Å²) in [5.74, 6) is 0.